The molecule has 14 heavy (non-hydrogen) atoms. The molecule has 1 aromatic carbocycles. The molecule has 0 saturated carbocycles. The normalized spacial score (nSPS) is 10.2. The third-order valence-electron chi connectivity index (χ3n) is 1.52. The standard InChI is InChI=1S/C9H9F2NO2/c10-9(11)14-8(13)5-6-2-1-3-7(12)4-6/h1-4,9H,5,12H2. The number of carbonyl (C=O) groups excluding carboxylic acids is 1. The van der Waals surface area contributed by atoms with E-state index in [1.165, 1.54) is 6.07 Å². The smallest absolute Gasteiger partial charge is 0.389 e. The molecule has 0 aromatic heterocycles. The van der Waals surface area contributed by atoms with E-state index in [4.69, 9.17) is 5.73 Å². The van der Waals surface area contributed by atoms with Crippen molar-refractivity contribution in [3.63, 3.8) is 0 Å². The van der Waals surface area contributed by atoms with E-state index in [9.17, 15) is 13.6 Å². The van der Waals surface area contributed by atoms with Gasteiger partial charge in [-0.1, -0.05) is 12.1 Å². The maximum absolute atomic E-state index is 11.6. The summed E-state index contributed by atoms with van der Waals surface area (Å²) in [7, 11) is 0. The van der Waals surface area contributed by atoms with Gasteiger partial charge in [-0.05, 0) is 17.7 Å². The summed E-state index contributed by atoms with van der Waals surface area (Å²) in [5, 5.41) is 0. The van der Waals surface area contributed by atoms with Crippen LogP contribution in [-0.4, -0.2) is 12.6 Å². The van der Waals surface area contributed by atoms with Gasteiger partial charge in [-0.2, -0.15) is 8.78 Å². The predicted octanol–water partition coefficient (Wildman–Crippen LogP) is 1.58. The number of halogens is 2. The highest BCUT2D eigenvalue weighted by molar-refractivity contribution is 5.73. The van der Waals surface area contributed by atoms with E-state index in [1.807, 2.05) is 0 Å². The lowest BCUT2D eigenvalue weighted by Crippen LogP contribution is -2.11. The van der Waals surface area contributed by atoms with Crippen LogP contribution in [0.4, 0.5) is 14.5 Å². The lowest BCUT2D eigenvalue weighted by atomic mass is 10.1. The zero-order valence-corrected chi connectivity index (χ0v) is 7.24. The van der Waals surface area contributed by atoms with Crippen molar-refractivity contribution in [1.82, 2.24) is 0 Å². The van der Waals surface area contributed by atoms with Crippen LogP contribution in [0.1, 0.15) is 5.56 Å². The number of nitrogens with two attached hydrogens (primary N) is 1. The van der Waals surface area contributed by atoms with Gasteiger partial charge >= 0.3 is 12.6 Å². The van der Waals surface area contributed by atoms with Crippen LogP contribution in [0.25, 0.3) is 0 Å². The van der Waals surface area contributed by atoms with E-state index >= 15 is 0 Å². The second-order valence-electron chi connectivity index (χ2n) is 2.67. The molecule has 5 heteroatoms. The van der Waals surface area contributed by atoms with Crippen LogP contribution in [0.5, 0.6) is 0 Å². The van der Waals surface area contributed by atoms with Crippen molar-refractivity contribution in [3.8, 4) is 0 Å². The minimum atomic E-state index is -3.07. The fourth-order valence-electron chi connectivity index (χ4n) is 1.01. The van der Waals surface area contributed by atoms with Crippen molar-refractivity contribution in [3.05, 3.63) is 29.8 Å². The summed E-state index contributed by atoms with van der Waals surface area (Å²) < 4.78 is 26.9. The molecule has 0 atom stereocenters. The maximum Gasteiger partial charge on any atom is 0.389 e. The van der Waals surface area contributed by atoms with Crippen LogP contribution >= 0.6 is 0 Å². The summed E-state index contributed by atoms with van der Waals surface area (Å²) in [6, 6.07) is 6.43. The van der Waals surface area contributed by atoms with Gasteiger partial charge < -0.3 is 10.5 Å². The number of hydrogen-bond acceptors (Lipinski definition) is 3. The molecule has 0 fully saturated rings. The lowest BCUT2D eigenvalue weighted by Gasteiger charge is -2.03. The summed E-state index contributed by atoms with van der Waals surface area (Å²) in [6.45, 7) is -3.07. The van der Waals surface area contributed by atoms with Crippen molar-refractivity contribution in [2.75, 3.05) is 5.73 Å². The third-order valence-corrected chi connectivity index (χ3v) is 1.52. The highest BCUT2D eigenvalue weighted by Crippen LogP contribution is 2.08. The van der Waals surface area contributed by atoms with Crippen molar-refractivity contribution in [2.24, 2.45) is 0 Å². The molecule has 0 heterocycles. The summed E-state index contributed by atoms with van der Waals surface area (Å²) >= 11 is 0. The first-order valence-corrected chi connectivity index (χ1v) is 3.90. The van der Waals surface area contributed by atoms with Crippen LogP contribution in [0.2, 0.25) is 0 Å². The Balaban J connectivity index is 2.56. The number of rotatable bonds is 3. The van der Waals surface area contributed by atoms with Crippen LogP contribution in [-0.2, 0) is 16.0 Å². The molecule has 1 rings (SSSR count). The van der Waals surface area contributed by atoms with Crippen molar-refractivity contribution < 1.29 is 18.3 Å². The molecule has 0 amide bonds. The first-order valence-electron chi connectivity index (χ1n) is 3.90. The number of benzene rings is 1. The van der Waals surface area contributed by atoms with Gasteiger partial charge in [0.2, 0.25) is 0 Å². The van der Waals surface area contributed by atoms with E-state index in [0.29, 0.717) is 11.3 Å². The topological polar surface area (TPSA) is 52.3 Å². The van der Waals surface area contributed by atoms with E-state index in [2.05, 4.69) is 4.74 Å². The number of nitrogen functional groups attached to an aromatic ring is 1. The van der Waals surface area contributed by atoms with Crippen molar-refractivity contribution in [1.29, 1.82) is 0 Å². The number of anilines is 1. The monoisotopic (exact) mass is 201 g/mol. The number of hydrogen-bond donors (Lipinski definition) is 1. The summed E-state index contributed by atoms with van der Waals surface area (Å²) in [5.41, 5.74) is 6.47. The Hall–Kier alpha value is -1.65. The number of alkyl halides is 2. The molecule has 1 aromatic rings. The second-order valence-corrected chi connectivity index (χ2v) is 2.67. The van der Waals surface area contributed by atoms with Gasteiger partial charge in [-0.3, -0.25) is 4.79 Å². The van der Waals surface area contributed by atoms with Crippen molar-refractivity contribution in [2.45, 2.75) is 13.0 Å². The van der Waals surface area contributed by atoms with Crippen LogP contribution in [0.3, 0.4) is 0 Å². The fraction of sp³-hybridized carbons (Fsp3) is 0.222. The minimum absolute atomic E-state index is 0.199. The minimum Gasteiger partial charge on any atom is -0.403 e. The highest BCUT2D eigenvalue weighted by atomic mass is 19.3. The summed E-state index contributed by atoms with van der Waals surface area (Å²) in [4.78, 5) is 10.8. The predicted molar refractivity (Wildman–Crippen MR) is 46.7 cm³/mol. The molecule has 0 aliphatic carbocycles. The molecule has 3 nitrogen and oxygen atoms in total. The van der Waals surface area contributed by atoms with Gasteiger partial charge in [0.05, 0.1) is 6.42 Å². The van der Waals surface area contributed by atoms with Crippen molar-refractivity contribution >= 4 is 11.7 Å². The van der Waals surface area contributed by atoms with E-state index in [-0.39, 0.29) is 6.42 Å². The van der Waals surface area contributed by atoms with Gasteiger partial charge in [-0.15, -0.1) is 0 Å². The average Bonchev–Trinajstić information content (AvgIpc) is 2.01. The molecule has 0 unspecified atom stereocenters. The third kappa shape index (κ3) is 3.38. The molecular weight excluding hydrogens is 192 g/mol. The Morgan fingerprint density at radius 2 is 2.21 bits per heavy atom. The van der Waals surface area contributed by atoms with Crippen LogP contribution < -0.4 is 5.73 Å². The molecule has 0 spiro atoms. The Labute approximate surface area is 79.5 Å². The molecule has 0 saturated heterocycles. The molecule has 0 radical (unpaired) electrons. The molecule has 0 bridgehead atoms. The van der Waals surface area contributed by atoms with Gasteiger partial charge in [0.1, 0.15) is 0 Å². The summed E-state index contributed by atoms with van der Waals surface area (Å²) in [5.74, 6) is -0.967. The Bertz CT molecular complexity index is 328. The van der Waals surface area contributed by atoms with Gasteiger partial charge in [0.15, 0.2) is 0 Å². The Morgan fingerprint density at radius 3 is 2.79 bits per heavy atom. The quantitative estimate of drug-likeness (QED) is 0.596. The Morgan fingerprint density at radius 1 is 1.50 bits per heavy atom. The first kappa shape index (κ1) is 10.4. The van der Waals surface area contributed by atoms with E-state index in [1.54, 1.807) is 18.2 Å². The molecule has 76 valence electrons. The lowest BCUT2D eigenvalue weighted by molar-refractivity contribution is -0.175. The van der Waals surface area contributed by atoms with Gasteiger partial charge in [0, 0.05) is 5.69 Å². The van der Waals surface area contributed by atoms with E-state index < -0.39 is 12.6 Å². The molecule has 2 N–H and O–H groups in total. The van der Waals surface area contributed by atoms with E-state index in [0.717, 1.165) is 0 Å². The second kappa shape index (κ2) is 4.55. The molecular formula is C9H9F2NO2. The number of ether oxygens (including phenoxy) is 1. The average molecular weight is 201 g/mol. The van der Waals surface area contributed by atoms with Gasteiger partial charge in [0.25, 0.3) is 0 Å². The zero-order chi connectivity index (χ0) is 10.6. The highest BCUT2D eigenvalue weighted by Gasteiger charge is 2.10. The fourth-order valence-corrected chi connectivity index (χ4v) is 1.01. The number of esters is 1. The number of carbonyl (C=O) groups is 1. The van der Waals surface area contributed by atoms with Crippen LogP contribution in [0, 0.1) is 0 Å². The molecule has 0 aliphatic heterocycles. The first-order chi connectivity index (χ1) is 6.58. The van der Waals surface area contributed by atoms with Gasteiger partial charge in [-0.25, -0.2) is 0 Å². The summed E-state index contributed by atoms with van der Waals surface area (Å²) in [6.07, 6.45) is -0.199. The molecule has 0 aliphatic rings. The maximum atomic E-state index is 11.6. The Kier molecular flexibility index (Phi) is 3.39. The SMILES string of the molecule is Nc1cccc(CC(=O)OC(F)F)c1. The zero-order valence-electron chi connectivity index (χ0n) is 7.24. The van der Waals surface area contributed by atoms with Crippen LogP contribution in [0.15, 0.2) is 24.3 Å². The largest absolute Gasteiger partial charge is 0.403 e.